The molecular formula is C29H33N5O8. The first-order chi connectivity index (χ1) is 20.2. The van der Waals surface area contributed by atoms with Crippen LogP contribution in [0.5, 0.6) is 0 Å². The summed E-state index contributed by atoms with van der Waals surface area (Å²) in [5.41, 5.74) is 12.8. The van der Waals surface area contributed by atoms with Crippen molar-refractivity contribution in [3.8, 4) is 0 Å². The molecule has 0 unspecified atom stereocenters. The highest BCUT2D eigenvalue weighted by Gasteiger charge is 2.25. The van der Waals surface area contributed by atoms with Crippen LogP contribution < -0.4 is 16.8 Å². The van der Waals surface area contributed by atoms with Crippen molar-refractivity contribution in [3.05, 3.63) is 83.2 Å². The van der Waals surface area contributed by atoms with E-state index in [2.05, 4.69) is 15.3 Å². The second-order valence-corrected chi connectivity index (χ2v) is 9.43. The highest BCUT2D eigenvalue weighted by molar-refractivity contribution is 6.01. The van der Waals surface area contributed by atoms with Crippen molar-refractivity contribution in [2.75, 3.05) is 31.2 Å². The van der Waals surface area contributed by atoms with Crippen LogP contribution in [0.1, 0.15) is 44.9 Å². The summed E-state index contributed by atoms with van der Waals surface area (Å²) in [5.74, 6) is -6.49. The molecule has 222 valence electrons. The van der Waals surface area contributed by atoms with E-state index in [0.717, 1.165) is 11.1 Å². The van der Waals surface area contributed by atoms with E-state index >= 15 is 0 Å². The third-order valence-corrected chi connectivity index (χ3v) is 6.22. The lowest BCUT2D eigenvalue weighted by molar-refractivity contribution is -0.145. The van der Waals surface area contributed by atoms with Crippen molar-refractivity contribution in [3.63, 3.8) is 0 Å². The summed E-state index contributed by atoms with van der Waals surface area (Å²) in [5, 5.41) is 21.4. The molecule has 1 aromatic heterocycles. The van der Waals surface area contributed by atoms with Crippen molar-refractivity contribution >= 4 is 35.3 Å². The number of anilines is 2. The predicted octanol–water partition coefficient (Wildman–Crippen LogP) is 2.17. The molecule has 2 atom stereocenters. The van der Waals surface area contributed by atoms with Gasteiger partial charge < -0.3 is 36.5 Å². The van der Waals surface area contributed by atoms with Crippen molar-refractivity contribution < 1.29 is 38.9 Å². The molecule has 1 amide bonds. The summed E-state index contributed by atoms with van der Waals surface area (Å²) in [4.78, 5) is 56.5. The van der Waals surface area contributed by atoms with Gasteiger partial charge in [-0.1, -0.05) is 60.7 Å². The molecule has 42 heavy (non-hydrogen) atoms. The maximum Gasteiger partial charge on any atom is 0.310 e. The van der Waals surface area contributed by atoms with Crippen LogP contribution in [-0.4, -0.2) is 63.6 Å². The molecule has 0 aliphatic heterocycles. The van der Waals surface area contributed by atoms with Crippen molar-refractivity contribution in [1.29, 1.82) is 0 Å². The van der Waals surface area contributed by atoms with Crippen LogP contribution in [0.3, 0.4) is 0 Å². The molecule has 0 saturated heterocycles. The number of nitrogens with two attached hydrogens (primary N) is 2. The summed E-state index contributed by atoms with van der Waals surface area (Å²) >= 11 is 0. The number of carboxylic acid groups (broad SMARTS) is 2. The van der Waals surface area contributed by atoms with Gasteiger partial charge in [0, 0.05) is 13.0 Å². The molecule has 7 N–H and O–H groups in total. The van der Waals surface area contributed by atoms with E-state index < -0.39 is 41.3 Å². The zero-order valence-corrected chi connectivity index (χ0v) is 22.8. The van der Waals surface area contributed by atoms with Gasteiger partial charge in [-0.2, -0.15) is 0 Å². The number of nitrogens with one attached hydrogen (secondary N) is 1. The second kappa shape index (κ2) is 15.8. The zero-order chi connectivity index (χ0) is 30.5. The Morgan fingerprint density at radius 3 is 1.74 bits per heavy atom. The van der Waals surface area contributed by atoms with Crippen LogP contribution in [0.4, 0.5) is 11.6 Å². The molecule has 1 heterocycles. The quantitative estimate of drug-likeness (QED) is 0.145. The number of rotatable bonds is 17. The number of nitrogen functional groups attached to an aromatic ring is 2. The topological polar surface area (TPSA) is 217 Å². The number of carbonyl (C=O) groups excluding carboxylic acids is 2. The fourth-order valence-corrected chi connectivity index (χ4v) is 3.84. The smallest absolute Gasteiger partial charge is 0.310 e. The second-order valence-electron chi connectivity index (χ2n) is 9.43. The number of hydrogen-bond donors (Lipinski definition) is 5. The van der Waals surface area contributed by atoms with Crippen LogP contribution in [0.25, 0.3) is 0 Å². The first-order valence-corrected chi connectivity index (χ1v) is 13.1. The van der Waals surface area contributed by atoms with Gasteiger partial charge in [-0.15, -0.1) is 0 Å². The van der Waals surface area contributed by atoms with Gasteiger partial charge in [0.1, 0.15) is 0 Å². The Labute approximate surface area is 241 Å². The standard InChI is InChI=1S/C29H33N5O8/c30-25-23(22(35)12-11-20(28(37)38)16-41-14-18-7-3-1-4-8-18)33-26(31)24(34-25)27(36)32-13-21(29(39)40)17-42-15-19-9-5-2-6-10-19/h1-10,20-21H,11-17H2,(H2,30,34)(H2,31,33)(H,32,36)(H,37,38)(H,39,40)/t20-,21-/m1/s1. The Morgan fingerprint density at radius 1 is 0.738 bits per heavy atom. The van der Waals surface area contributed by atoms with Gasteiger partial charge in [0.2, 0.25) is 0 Å². The first-order valence-electron chi connectivity index (χ1n) is 13.1. The van der Waals surface area contributed by atoms with Crippen LogP contribution in [0.15, 0.2) is 60.7 Å². The lowest BCUT2D eigenvalue weighted by atomic mass is 10.0. The molecule has 0 bridgehead atoms. The summed E-state index contributed by atoms with van der Waals surface area (Å²) < 4.78 is 11.0. The number of hydrogen-bond acceptors (Lipinski definition) is 10. The fourth-order valence-electron chi connectivity index (χ4n) is 3.84. The average Bonchev–Trinajstić information content (AvgIpc) is 2.97. The summed E-state index contributed by atoms with van der Waals surface area (Å²) in [6.45, 7) is -0.111. The van der Waals surface area contributed by atoms with E-state index in [1.807, 2.05) is 60.7 Å². The molecule has 0 fully saturated rings. The van der Waals surface area contributed by atoms with Crippen molar-refractivity contribution in [1.82, 2.24) is 15.3 Å². The average molecular weight is 580 g/mol. The lowest BCUT2D eigenvalue weighted by Crippen LogP contribution is -2.36. The number of amides is 1. The minimum absolute atomic E-state index is 0.0465. The number of nitrogens with zero attached hydrogens (tertiary/aromatic N) is 2. The van der Waals surface area contributed by atoms with Gasteiger partial charge in [0.25, 0.3) is 5.91 Å². The maximum absolute atomic E-state index is 12.8. The highest BCUT2D eigenvalue weighted by Crippen LogP contribution is 2.18. The van der Waals surface area contributed by atoms with Crippen LogP contribution in [-0.2, 0) is 32.3 Å². The molecule has 3 aromatic rings. The molecule has 0 aliphatic rings. The Kier molecular flexibility index (Phi) is 11.9. The Balaban J connectivity index is 1.53. The van der Waals surface area contributed by atoms with Gasteiger partial charge in [-0.3, -0.25) is 19.2 Å². The van der Waals surface area contributed by atoms with E-state index in [1.165, 1.54) is 0 Å². The lowest BCUT2D eigenvalue weighted by Gasteiger charge is -2.15. The third kappa shape index (κ3) is 9.64. The molecule has 13 nitrogen and oxygen atoms in total. The number of aliphatic carboxylic acids is 2. The van der Waals surface area contributed by atoms with Gasteiger partial charge in [-0.25, -0.2) is 9.97 Å². The van der Waals surface area contributed by atoms with E-state index in [1.54, 1.807) is 0 Å². The predicted molar refractivity (Wildman–Crippen MR) is 151 cm³/mol. The number of benzene rings is 2. The van der Waals surface area contributed by atoms with E-state index in [9.17, 15) is 29.4 Å². The normalized spacial score (nSPS) is 12.3. The Bertz CT molecular complexity index is 1270. The van der Waals surface area contributed by atoms with Crippen molar-refractivity contribution in [2.45, 2.75) is 26.1 Å². The number of ketones is 1. The summed E-state index contributed by atoms with van der Waals surface area (Å²) in [6.07, 6.45) is -0.270. The van der Waals surface area contributed by atoms with Gasteiger partial charge >= 0.3 is 11.9 Å². The highest BCUT2D eigenvalue weighted by atomic mass is 16.5. The molecule has 3 rings (SSSR count). The SMILES string of the molecule is Nc1nc(C(=O)NC[C@H](COCc2ccccc2)C(=O)O)c(N)nc1C(=O)CC[C@H](COCc1ccccc1)C(=O)O. The number of aromatic nitrogens is 2. The van der Waals surface area contributed by atoms with Gasteiger partial charge in [-0.05, 0) is 17.5 Å². The number of carbonyl (C=O) groups is 4. The summed E-state index contributed by atoms with van der Waals surface area (Å²) in [6, 6.07) is 18.4. The van der Waals surface area contributed by atoms with E-state index in [-0.39, 0.29) is 63.0 Å². The number of Topliss-reactive ketones (excluding diaryl/α,β-unsaturated/α-hetero) is 1. The molecule has 0 spiro atoms. The Morgan fingerprint density at radius 2 is 1.21 bits per heavy atom. The third-order valence-electron chi connectivity index (χ3n) is 6.22. The molecule has 0 saturated carbocycles. The first kappa shape index (κ1) is 31.6. The molecule has 2 aromatic carbocycles. The van der Waals surface area contributed by atoms with Crippen LogP contribution in [0, 0.1) is 11.8 Å². The van der Waals surface area contributed by atoms with Gasteiger partial charge in [0.15, 0.2) is 28.8 Å². The van der Waals surface area contributed by atoms with E-state index in [0.29, 0.717) is 0 Å². The van der Waals surface area contributed by atoms with Crippen LogP contribution >= 0.6 is 0 Å². The van der Waals surface area contributed by atoms with Crippen molar-refractivity contribution in [2.24, 2.45) is 11.8 Å². The maximum atomic E-state index is 12.8. The number of carboxylic acids is 2. The van der Waals surface area contributed by atoms with Crippen LogP contribution in [0.2, 0.25) is 0 Å². The molecule has 13 heteroatoms. The minimum Gasteiger partial charge on any atom is -0.481 e. The van der Waals surface area contributed by atoms with E-state index in [4.69, 9.17) is 20.9 Å². The zero-order valence-electron chi connectivity index (χ0n) is 22.8. The monoisotopic (exact) mass is 579 g/mol. The molecule has 0 aliphatic carbocycles. The Hall–Kier alpha value is -4.88. The fraction of sp³-hybridized carbons (Fsp3) is 0.310. The minimum atomic E-state index is -1.17. The van der Waals surface area contributed by atoms with Gasteiger partial charge in [0.05, 0.1) is 38.3 Å². The largest absolute Gasteiger partial charge is 0.481 e. The molecular weight excluding hydrogens is 546 g/mol. The number of ether oxygens (including phenoxy) is 2. The molecule has 0 radical (unpaired) electrons. The summed E-state index contributed by atoms with van der Waals surface area (Å²) in [7, 11) is 0.